The summed E-state index contributed by atoms with van der Waals surface area (Å²) in [5.74, 6) is -0.278. The molecule has 0 saturated carbocycles. The maximum absolute atomic E-state index is 11.1. The molecule has 1 heterocycles. The minimum atomic E-state index is -1.10. The number of ether oxygens (including phenoxy) is 2. The number of rotatable bonds is 9. The van der Waals surface area contributed by atoms with Crippen molar-refractivity contribution in [3.63, 3.8) is 0 Å². The number of aromatic nitrogens is 3. The minimum absolute atomic E-state index is 0.0667. The zero-order chi connectivity index (χ0) is 16.7. The Morgan fingerprint density at radius 3 is 2.65 bits per heavy atom. The highest BCUT2D eigenvalue weighted by molar-refractivity contribution is 5.86. The molecule has 0 aliphatic rings. The Morgan fingerprint density at radius 2 is 2.04 bits per heavy atom. The Labute approximate surface area is 134 Å². The fourth-order valence-electron chi connectivity index (χ4n) is 2.18. The molecule has 0 atom stereocenters. The molecule has 1 aromatic heterocycles. The summed E-state index contributed by atoms with van der Waals surface area (Å²) in [5.41, 5.74) is 1.67. The van der Waals surface area contributed by atoms with Gasteiger partial charge < -0.3 is 14.6 Å². The number of hydrogen-bond acceptors (Lipinski definition) is 5. The quantitative estimate of drug-likeness (QED) is 0.713. The number of benzene rings is 1. The van der Waals surface area contributed by atoms with E-state index in [4.69, 9.17) is 14.6 Å². The van der Waals surface area contributed by atoms with Gasteiger partial charge in [0, 0.05) is 20.1 Å². The van der Waals surface area contributed by atoms with Gasteiger partial charge in [-0.1, -0.05) is 24.3 Å². The fourth-order valence-corrected chi connectivity index (χ4v) is 2.18. The number of carboxylic acid groups (broad SMARTS) is 1. The van der Waals surface area contributed by atoms with Gasteiger partial charge in [-0.15, -0.1) is 5.10 Å². The zero-order valence-electron chi connectivity index (χ0n) is 13.4. The normalized spacial score (nSPS) is 10.7. The van der Waals surface area contributed by atoms with Crippen LogP contribution in [0, 0.1) is 0 Å². The lowest BCUT2D eigenvalue weighted by Gasteiger charge is -2.08. The van der Waals surface area contributed by atoms with Gasteiger partial charge in [0.15, 0.2) is 5.69 Å². The second-order valence-electron chi connectivity index (χ2n) is 5.05. The van der Waals surface area contributed by atoms with E-state index in [-0.39, 0.29) is 12.3 Å². The van der Waals surface area contributed by atoms with Gasteiger partial charge in [-0.05, 0) is 24.1 Å². The SMILES string of the molecule is CCc1ccc(OCCCn2nnc(C(=O)O)c2COC)cc1. The summed E-state index contributed by atoms with van der Waals surface area (Å²) in [6.07, 6.45) is 1.69. The maximum Gasteiger partial charge on any atom is 0.358 e. The Bertz CT molecular complexity index is 637. The summed E-state index contributed by atoms with van der Waals surface area (Å²) >= 11 is 0. The van der Waals surface area contributed by atoms with Gasteiger partial charge in [-0.3, -0.25) is 0 Å². The van der Waals surface area contributed by atoms with Gasteiger partial charge in [0.05, 0.1) is 18.9 Å². The highest BCUT2D eigenvalue weighted by atomic mass is 16.5. The summed E-state index contributed by atoms with van der Waals surface area (Å²) in [6, 6.07) is 7.99. The number of hydrogen-bond donors (Lipinski definition) is 1. The summed E-state index contributed by atoms with van der Waals surface area (Å²) < 4.78 is 12.2. The summed E-state index contributed by atoms with van der Waals surface area (Å²) in [4.78, 5) is 11.1. The molecule has 0 bridgehead atoms. The fraction of sp³-hybridized carbons (Fsp3) is 0.438. The first-order valence-corrected chi connectivity index (χ1v) is 7.52. The summed E-state index contributed by atoms with van der Waals surface area (Å²) in [7, 11) is 1.51. The number of carboxylic acids is 1. The lowest BCUT2D eigenvalue weighted by Crippen LogP contribution is -2.11. The van der Waals surface area contributed by atoms with E-state index in [1.807, 2.05) is 24.3 Å². The standard InChI is InChI=1S/C16H21N3O4/c1-3-12-5-7-13(8-6-12)23-10-4-9-19-14(11-22-2)15(16(20)21)17-18-19/h5-8H,3-4,9-11H2,1-2H3,(H,20,21). The minimum Gasteiger partial charge on any atom is -0.494 e. The highest BCUT2D eigenvalue weighted by Crippen LogP contribution is 2.13. The predicted octanol–water partition coefficient (Wildman–Crippen LogP) is 2.15. The third-order valence-electron chi connectivity index (χ3n) is 3.44. The molecular formula is C16H21N3O4. The third-order valence-corrected chi connectivity index (χ3v) is 3.44. The van der Waals surface area contributed by atoms with Crippen molar-refractivity contribution in [2.75, 3.05) is 13.7 Å². The van der Waals surface area contributed by atoms with Gasteiger partial charge >= 0.3 is 5.97 Å². The van der Waals surface area contributed by atoms with Crippen LogP contribution >= 0.6 is 0 Å². The topological polar surface area (TPSA) is 86.5 Å². The average molecular weight is 319 g/mol. The lowest BCUT2D eigenvalue weighted by molar-refractivity contribution is 0.0684. The molecule has 2 rings (SSSR count). The molecule has 1 N–H and O–H groups in total. The van der Waals surface area contributed by atoms with Crippen LogP contribution in [0.2, 0.25) is 0 Å². The molecule has 0 unspecified atom stereocenters. The van der Waals surface area contributed by atoms with E-state index in [2.05, 4.69) is 17.2 Å². The van der Waals surface area contributed by atoms with Crippen molar-refractivity contribution in [1.29, 1.82) is 0 Å². The maximum atomic E-state index is 11.1. The first-order chi connectivity index (χ1) is 11.2. The van der Waals surface area contributed by atoms with Crippen molar-refractivity contribution in [3.8, 4) is 5.75 Å². The van der Waals surface area contributed by atoms with Crippen LogP contribution in [-0.4, -0.2) is 39.8 Å². The average Bonchev–Trinajstić information content (AvgIpc) is 2.95. The van der Waals surface area contributed by atoms with E-state index in [1.165, 1.54) is 12.7 Å². The molecule has 0 aliphatic carbocycles. The zero-order valence-corrected chi connectivity index (χ0v) is 13.4. The van der Waals surface area contributed by atoms with Crippen molar-refractivity contribution < 1.29 is 19.4 Å². The van der Waals surface area contributed by atoms with Crippen molar-refractivity contribution in [1.82, 2.24) is 15.0 Å². The molecule has 23 heavy (non-hydrogen) atoms. The molecule has 0 fully saturated rings. The highest BCUT2D eigenvalue weighted by Gasteiger charge is 2.18. The molecule has 0 aliphatic heterocycles. The Morgan fingerprint density at radius 1 is 1.30 bits per heavy atom. The molecule has 1 aromatic carbocycles. The smallest absolute Gasteiger partial charge is 0.358 e. The van der Waals surface area contributed by atoms with E-state index in [0.717, 1.165) is 12.2 Å². The van der Waals surface area contributed by atoms with Crippen LogP contribution in [0.15, 0.2) is 24.3 Å². The number of carbonyl (C=O) groups is 1. The largest absolute Gasteiger partial charge is 0.494 e. The van der Waals surface area contributed by atoms with Crippen LogP contribution in [0.5, 0.6) is 5.75 Å². The monoisotopic (exact) mass is 319 g/mol. The van der Waals surface area contributed by atoms with Crippen LogP contribution in [0.4, 0.5) is 0 Å². The molecular weight excluding hydrogens is 298 g/mol. The van der Waals surface area contributed by atoms with Gasteiger partial charge in [0.25, 0.3) is 0 Å². The Kier molecular flexibility index (Phi) is 6.10. The van der Waals surface area contributed by atoms with Gasteiger partial charge in [-0.2, -0.15) is 0 Å². The van der Waals surface area contributed by atoms with E-state index in [9.17, 15) is 4.79 Å². The van der Waals surface area contributed by atoms with Crippen LogP contribution in [0.3, 0.4) is 0 Å². The van der Waals surface area contributed by atoms with Crippen molar-refractivity contribution in [2.24, 2.45) is 0 Å². The first-order valence-electron chi connectivity index (χ1n) is 7.52. The third kappa shape index (κ3) is 4.53. The number of nitrogens with zero attached hydrogens (tertiary/aromatic N) is 3. The van der Waals surface area contributed by atoms with Crippen LogP contribution < -0.4 is 4.74 Å². The van der Waals surface area contributed by atoms with Crippen molar-refractivity contribution >= 4 is 5.97 Å². The molecule has 7 heteroatoms. The van der Waals surface area contributed by atoms with Crippen LogP contribution in [-0.2, 0) is 24.3 Å². The first kappa shape index (κ1) is 17.0. The van der Waals surface area contributed by atoms with E-state index < -0.39 is 5.97 Å². The predicted molar refractivity (Wildman–Crippen MR) is 83.6 cm³/mol. The second-order valence-corrected chi connectivity index (χ2v) is 5.05. The van der Waals surface area contributed by atoms with Crippen LogP contribution in [0.25, 0.3) is 0 Å². The summed E-state index contributed by atoms with van der Waals surface area (Å²) in [6.45, 7) is 3.30. The number of aryl methyl sites for hydroxylation is 2. The van der Waals surface area contributed by atoms with Crippen molar-refractivity contribution in [3.05, 3.63) is 41.2 Å². The van der Waals surface area contributed by atoms with Gasteiger partial charge in [0.1, 0.15) is 5.75 Å². The lowest BCUT2D eigenvalue weighted by atomic mass is 10.2. The molecule has 124 valence electrons. The van der Waals surface area contributed by atoms with E-state index in [1.54, 1.807) is 4.68 Å². The molecule has 7 nitrogen and oxygen atoms in total. The molecule has 2 aromatic rings. The second kappa shape index (κ2) is 8.28. The van der Waals surface area contributed by atoms with Gasteiger partial charge in [-0.25, -0.2) is 9.48 Å². The Balaban J connectivity index is 1.87. The van der Waals surface area contributed by atoms with Gasteiger partial charge in [0.2, 0.25) is 0 Å². The van der Waals surface area contributed by atoms with Crippen LogP contribution in [0.1, 0.15) is 35.1 Å². The summed E-state index contributed by atoms with van der Waals surface area (Å²) in [5, 5.41) is 16.6. The molecule has 0 spiro atoms. The van der Waals surface area contributed by atoms with E-state index >= 15 is 0 Å². The molecule has 0 radical (unpaired) electrons. The molecule has 0 amide bonds. The molecule has 0 saturated heterocycles. The van der Waals surface area contributed by atoms with E-state index in [0.29, 0.717) is 25.3 Å². The number of aromatic carboxylic acids is 1. The number of methoxy groups -OCH3 is 1. The van der Waals surface area contributed by atoms with Crippen molar-refractivity contribution in [2.45, 2.75) is 32.9 Å². The Hall–Kier alpha value is -2.41.